The Labute approximate surface area is 237 Å². The molecule has 2 N–H and O–H groups in total. The molecule has 1 heterocycles. The van der Waals surface area contributed by atoms with Gasteiger partial charge in [0.05, 0.1) is 11.1 Å². The predicted molar refractivity (Wildman–Crippen MR) is 164 cm³/mol. The maximum Gasteiger partial charge on any atom is 0.251 e. The minimum Gasteiger partial charge on any atom is -0.393 e. The Morgan fingerprint density at radius 2 is 1.62 bits per heavy atom. The number of nitrogens with one attached hydrogen (secondary N) is 1. The monoisotopic (exact) mass is 540 g/mol. The smallest absolute Gasteiger partial charge is 0.251 e. The van der Waals surface area contributed by atoms with Crippen molar-refractivity contribution in [1.82, 2.24) is 10.3 Å². The number of amides is 1. The number of aliphatic hydroxyl groups is 1. The Bertz CT molecular complexity index is 1410. The molecule has 4 rings (SSSR count). The molecule has 0 aliphatic rings. The summed E-state index contributed by atoms with van der Waals surface area (Å²) in [7, 11) is 0. The molecule has 0 saturated carbocycles. The summed E-state index contributed by atoms with van der Waals surface area (Å²) >= 11 is 1.62. The van der Waals surface area contributed by atoms with Crippen LogP contribution in [-0.4, -0.2) is 33.4 Å². The summed E-state index contributed by atoms with van der Waals surface area (Å²) in [5, 5.41) is 17.7. The lowest BCUT2D eigenvalue weighted by atomic mass is 9.79. The highest BCUT2D eigenvalue weighted by Crippen LogP contribution is 2.34. The first kappa shape index (κ1) is 28.8. The summed E-state index contributed by atoms with van der Waals surface area (Å²) in [5.74, 6) is 0.580. The van der Waals surface area contributed by atoms with Crippen molar-refractivity contribution in [3.8, 4) is 0 Å². The van der Waals surface area contributed by atoms with Gasteiger partial charge in [-0.2, -0.15) is 0 Å². The second-order valence-electron chi connectivity index (χ2n) is 11.9. The van der Waals surface area contributed by atoms with Crippen molar-refractivity contribution < 1.29 is 9.90 Å². The SMILES string of the molecule is CC(C)(CSc1ccccn1)NC(=O)c1ccccc1CC(O)CCc1ccc2ccccc2c1C(C)(C)C. The number of aliphatic hydroxyl groups excluding tert-OH is 1. The molecule has 0 fully saturated rings. The Balaban J connectivity index is 1.42. The van der Waals surface area contributed by atoms with Crippen LogP contribution in [0.25, 0.3) is 10.8 Å². The minimum absolute atomic E-state index is 0.00645. The molecule has 0 bridgehead atoms. The van der Waals surface area contributed by atoms with Crippen molar-refractivity contribution in [2.24, 2.45) is 0 Å². The standard InChI is InChI=1S/C34H40N2O2S/c1-33(2,3)31-25(18-17-24-12-6-8-14-28(24)31)19-20-27(37)22-26-13-7-9-15-29(26)32(38)36-34(4,5)23-39-30-16-10-11-21-35-30/h6-18,21,27,37H,19-20,22-23H2,1-5H3,(H,36,38). The van der Waals surface area contributed by atoms with E-state index < -0.39 is 11.6 Å². The van der Waals surface area contributed by atoms with Crippen LogP contribution in [0.1, 0.15) is 68.1 Å². The molecule has 0 aliphatic heterocycles. The van der Waals surface area contributed by atoms with Gasteiger partial charge in [-0.25, -0.2) is 4.98 Å². The average molecular weight is 541 g/mol. The lowest BCUT2D eigenvalue weighted by Crippen LogP contribution is -2.45. The van der Waals surface area contributed by atoms with E-state index in [4.69, 9.17) is 0 Å². The van der Waals surface area contributed by atoms with Crippen molar-refractivity contribution in [3.63, 3.8) is 0 Å². The van der Waals surface area contributed by atoms with Crippen LogP contribution in [0, 0.1) is 0 Å². The fourth-order valence-electron chi connectivity index (χ4n) is 5.11. The topological polar surface area (TPSA) is 62.2 Å². The quantitative estimate of drug-likeness (QED) is 0.206. The molecule has 1 atom stereocenters. The van der Waals surface area contributed by atoms with Crippen LogP contribution in [0.4, 0.5) is 0 Å². The number of aromatic nitrogens is 1. The van der Waals surface area contributed by atoms with Crippen molar-refractivity contribution >= 4 is 28.4 Å². The molecule has 1 unspecified atom stereocenters. The number of rotatable bonds is 10. The first-order valence-electron chi connectivity index (χ1n) is 13.7. The summed E-state index contributed by atoms with van der Waals surface area (Å²) in [5.41, 5.74) is 3.67. The third-order valence-electron chi connectivity index (χ3n) is 6.90. The summed E-state index contributed by atoms with van der Waals surface area (Å²) in [6.45, 7) is 10.8. The van der Waals surface area contributed by atoms with E-state index in [1.807, 2.05) is 56.3 Å². The Kier molecular flexibility index (Phi) is 9.14. The van der Waals surface area contributed by atoms with Crippen LogP contribution in [0.2, 0.25) is 0 Å². The van der Waals surface area contributed by atoms with Crippen LogP contribution in [0.15, 0.2) is 90.1 Å². The van der Waals surface area contributed by atoms with Gasteiger partial charge in [-0.05, 0) is 84.2 Å². The van der Waals surface area contributed by atoms with Crippen molar-refractivity contribution in [3.05, 3.63) is 107 Å². The highest BCUT2D eigenvalue weighted by molar-refractivity contribution is 7.99. The number of carbonyl (C=O) groups excluding carboxylic acids is 1. The van der Waals surface area contributed by atoms with Crippen LogP contribution in [0.5, 0.6) is 0 Å². The van der Waals surface area contributed by atoms with E-state index in [-0.39, 0.29) is 11.3 Å². The predicted octanol–water partition coefficient (Wildman–Crippen LogP) is 7.37. The van der Waals surface area contributed by atoms with E-state index in [1.165, 1.54) is 21.9 Å². The van der Waals surface area contributed by atoms with Crippen molar-refractivity contribution in [2.75, 3.05) is 5.75 Å². The lowest BCUT2D eigenvalue weighted by molar-refractivity contribution is 0.0919. The van der Waals surface area contributed by atoms with Gasteiger partial charge in [0.2, 0.25) is 0 Å². The van der Waals surface area contributed by atoms with Gasteiger partial charge in [-0.15, -0.1) is 11.8 Å². The summed E-state index contributed by atoms with van der Waals surface area (Å²) in [6, 6.07) is 26.4. The van der Waals surface area contributed by atoms with E-state index >= 15 is 0 Å². The number of benzene rings is 3. The second-order valence-corrected chi connectivity index (χ2v) is 12.9. The zero-order valence-corrected chi connectivity index (χ0v) is 24.5. The molecule has 204 valence electrons. The van der Waals surface area contributed by atoms with Crippen molar-refractivity contribution in [2.45, 2.75) is 76.0 Å². The van der Waals surface area contributed by atoms with Gasteiger partial charge >= 0.3 is 0 Å². The third kappa shape index (κ3) is 7.71. The van der Waals surface area contributed by atoms with E-state index in [9.17, 15) is 9.90 Å². The van der Waals surface area contributed by atoms with E-state index in [1.54, 1.807) is 18.0 Å². The molecule has 0 spiro atoms. The van der Waals surface area contributed by atoms with Crippen LogP contribution in [0.3, 0.4) is 0 Å². The van der Waals surface area contributed by atoms with Crippen LogP contribution < -0.4 is 5.32 Å². The largest absolute Gasteiger partial charge is 0.393 e. The molecular weight excluding hydrogens is 500 g/mol. The Hall–Kier alpha value is -3.15. The molecule has 4 nitrogen and oxygen atoms in total. The fraction of sp³-hybridized carbons (Fsp3) is 0.353. The molecule has 1 amide bonds. The number of thioether (sulfide) groups is 1. The summed E-state index contributed by atoms with van der Waals surface area (Å²) < 4.78 is 0. The molecule has 4 aromatic rings. The van der Waals surface area contributed by atoms with E-state index in [0.29, 0.717) is 24.2 Å². The van der Waals surface area contributed by atoms with Gasteiger partial charge in [-0.1, -0.05) is 81.4 Å². The van der Waals surface area contributed by atoms with E-state index in [2.05, 4.69) is 67.5 Å². The molecule has 0 aliphatic carbocycles. The highest BCUT2D eigenvalue weighted by atomic mass is 32.2. The number of nitrogens with zero attached hydrogens (tertiary/aromatic N) is 1. The molecule has 0 saturated heterocycles. The highest BCUT2D eigenvalue weighted by Gasteiger charge is 2.24. The maximum absolute atomic E-state index is 13.3. The number of aryl methyl sites for hydroxylation is 1. The fourth-order valence-corrected chi connectivity index (χ4v) is 6.00. The Morgan fingerprint density at radius 1 is 0.897 bits per heavy atom. The van der Waals surface area contributed by atoms with E-state index in [0.717, 1.165) is 17.0 Å². The first-order chi connectivity index (χ1) is 18.5. The minimum atomic E-state index is -0.550. The normalized spacial score (nSPS) is 12.9. The second kappa shape index (κ2) is 12.4. The van der Waals surface area contributed by atoms with Gasteiger partial charge in [0.15, 0.2) is 0 Å². The van der Waals surface area contributed by atoms with Gasteiger partial charge in [0, 0.05) is 23.1 Å². The zero-order chi connectivity index (χ0) is 28.0. The van der Waals surface area contributed by atoms with Gasteiger partial charge in [0.25, 0.3) is 5.91 Å². The molecule has 3 aromatic carbocycles. The average Bonchev–Trinajstić information content (AvgIpc) is 2.90. The zero-order valence-electron chi connectivity index (χ0n) is 23.7. The number of hydrogen-bond acceptors (Lipinski definition) is 4. The summed E-state index contributed by atoms with van der Waals surface area (Å²) in [6.07, 6.45) is 3.07. The molecule has 5 heteroatoms. The molecule has 1 aromatic heterocycles. The number of fused-ring (bicyclic) bond motifs is 1. The molecule has 39 heavy (non-hydrogen) atoms. The number of carbonyl (C=O) groups is 1. The molecule has 0 radical (unpaired) electrons. The van der Waals surface area contributed by atoms with Gasteiger partial charge in [-0.3, -0.25) is 4.79 Å². The lowest BCUT2D eigenvalue weighted by Gasteiger charge is -2.27. The third-order valence-corrected chi connectivity index (χ3v) is 8.30. The van der Waals surface area contributed by atoms with Gasteiger partial charge < -0.3 is 10.4 Å². The van der Waals surface area contributed by atoms with Crippen LogP contribution in [-0.2, 0) is 18.3 Å². The number of pyridine rings is 1. The maximum atomic E-state index is 13.3. The number of hydrogen-bond donors (Lipinski definition) is 2. The molecular formula is C34H40N2O2S. The van der Waals surface area contributed by atoms with Gasteiger partial charge in [0.1, 0.15) is 0 Å². The summed E-state index contributed by atoms with van der Waals surface area (Å²) in [4.78, 5) is 17.7. The van der Waals surface area contributed by atoms with Crippen LogP contribution >= 0.6 is 11.8 Å². The van der Waals surface area contributed by atoms with Crippen molar-refractivity contribution in [1.29, 1.82) is 0 Å². The first-order valence-corrected chi connectivity index (χ1v) is 14.7. The Morgan fingerprint density at radius 3 is 2.36 bits per heavy atom.